The molecule has 1 rings (SSSR count). The number of nitrogens with zero attached hydrogens (tertiary/aromatic N) is 3. The van der Waals surface area contributed by atoms with Gasteiger partial charge in [-0.3, -0.25) is 4.79 Å². The number of ether oxygens (including phenoxy) is 1. The first-order valence-corrected chi connectivity index (χ1v) is 5.52. The van der Waals surface area contributed by atoms with Crippen LogP contribution in [-0.2, 0) is 4.79 Å². The van der Waals surface area contributed by atoms with Crippen LogP contribution in [0, 0.1) is 0 Å². The maximum atomic E-state index is 11.0. The molecule has 0 radical (unpaired) electrons. The summed E-state index contributed by atoms with van der Waals surface area (Å²) in [6.45, 7) is 2.67. The van der Waals surface area contributed by atoms with Gasteiger partial charge in [-0.15, -0.1) is 0 Å². The fraction of sp³-hybridized carbons (Fsp3) is 0.556. The van der Waals surface area contributed by atoms with Crippen molar-refractivity contribution in [3.8, 4) is 6.01 Å². The Balaban J connectivity index is 2.55. The molecule has 0 fully saturated rings. The quantitative estimate of drug-likeness (QED) is 0.772. The first kappa shape index (κ1) is 13.4. The lowest BCUT2D eigenvalue weighted by Gasteiger charge is -2.06. The Hall–Kier alpha value is -1.63. The predicted molar refractivity (Wildman–Crippen MR) is 63.2 cm³/mol. The van der Waals surface area contributed by atoms with Gasteiger partial charge in [-0.25, -0.2) is 0 Å². The standard InChI is InChI=1S/C9H14ClN5O2/c1-3-17-9-14-7(10)13-8(15-9)12-5-4-6(16)11-2/h3-5H2,1-2H3,(H,11,16)(H,12,13,14,15). The third-order valence-corrected chi connectivity index (χ3v) is 1.94. The minimum atomic E-state index is -0.0670. The molecule has 2 N–H and O–H groups in total. The maximum Gasteiger partial charge on any atom is 0.322 e. The predicted octanol–water partition coefficient (Wildman–Crippen LogP) is 0.472. The van der Waals surface area contributed by atoms with Gasteiger partial charge in [0, 0.05) is 20.0 Å². The van der Waals surface area contributed by atoms with Crippen molar-refractivity contribution in [2.75, 3.05) is 25.5 Å². The van der Waals surface area contributed by atoms with Crippen molar-refractivity contribution in [1.29, 1.82) is 0 Å². The summed E-state index contributed by atoms with van der Waals surface area (Å²) in [6.07, 6.45) is 0.323. The van der Waals surface area contributed by atoms with E-state index < -0.39 is 0 Å². The van der Waals surface area contributed by atoms with E-state index in [1.807, 2.05) is 6.92 Å². The van der Waals surface area contributed by atoms with Gasteiger partial charge >= 0.3 is 6.01 Å². The lowest BCUT2D eigenvalue weighted by Crippen LogP contribution is -2.21. The summed E-state index contributed by atoms with van der Waals surface area (Å²) in [4.78, 5) is 22.6. The number of amides is 1. The third-order valence-electron chi connectivity index (χ3n) is 1.78. The lowest BCUT2D eigenvalue weighted by atomic mass is 10.4. The van der Waals surface area contributed by atoms with Crippen molar-refractivity contribution >= 4 is 23.5 Å². The molecule has 0 aliphatic rings. The molecular formula is C9H14ClN5O2. The Morgan fingerprint density at radius 3 is 2.82 bits per heavy atom. The van der Waals surface area contributed by atoms with Gasteiger partial charge in [-0.05, 0) is 18.5 Å². The van der Waals surface area contributed by atoms with Crippen LogP contribution in [0.2, 0.25) is 5.28 Å². The number of carbonyl (C=O) groups is 1. The van der Waals surface area contributed by atoms with Crippen LogP contribution < -0.4 is 15.4 Å². The molecule has 0 atom stereocenters. The highest BCUT2D eigenvalue weighted by Gasteiger charge is 2.05. The van der Waals surface area contributed by atoms with Crippen LogP contribution in [0.5, 0.6) is 6.01 Å². The Labute approximate surface area is 104 Å². The zero-order valence-electron chi connectivity index (χ0n) is 9.66. The fourth-order valence-corrected chi connectivity index (χ4v) is 1.17. The van der Waals surface area contributed by atoms with Crippen LogP contribution in [0.15, 0.2) is 0 Å². The number of halogens is 1. The fourth-order valence-electron chi connectivity index (χ4n) is 1.02. The SMILES string of the molecule is CCOc1nc(Cl)nc(NCCC(=O)NC)n1. The van der Waals surface area contributed by atoms with Crippen LogP contribution in [0.4, 0.5) is 5.95 Å². The molecule has 94 valence electrons. The van der Waals surface area contributed by atoms with Crippen molar-refractivity contribution in [1.82, 2.24) is 20.3 Å². The molecule has 1 aromatic rings. The van der Waals surface area contributed by atoms with Crippen molar-refractivity contribution < 1.29 is 9.53 Å². The van der Waals surface area contributed by atoms with E-state index in [0.717, 1.165) is 0 Å². The highest BCUT2D eigenvalue weighted by atomic mass is 35.5. The van der Waals surface area contributed by atoms with Crippen molar-refractivity contribution in [3.63, 3.8) is 0 Å². The molecule has 0 saturated carbocycles. The summed E-state index contributed by atoms with van der Waals surface area (Å²) in [5.74, 6) is 0.222. The van der Waals surface area contributed by atoms with Gasteiger partial charge < -0.3 is 15.4 Å². The summed E-state index contributed by atoms with van der Waals surface area (Å²) < 4.78 is 5.11. The molecular weight excluding hydrogens is 246 g/mol. The van der Waals surface area contributed by atoms with Gasteiger partial charge in [0.05, 0.1) is 6.61 Å². The zero-order chi connectivity index (χ0) is 12.7. The van der Waals surface area contributed by atoms with E-state index in [1.165, 1.54) is 0 Å². The van der Waals surface area contributed by atoms with E-state index >= 15 is 0 Å². The second-order valence-electron chi connectivity index (χ2n) is 2.99. The van der Waals surface area contributed by atoms with E-state index in [2.05, 4.69) is 25.6 Å². The molecule has 17 heavy (non-hydrogen) atoms. The largest absolute Gasteiger partial charge is 0.464 e. The van der Waals surface area contributed by atoms with E-state index in [-0.39, 0.29) is 23.1 Å². The number of aromatic nitrogens is 3. The van der Waals surface area contributed by atoms with Crippen LogP contribution in [0.3, 0.4) is 0 Å². The number of rotatable bonds is 6. The first-order chi connectivity index (χ1) is 8.15. The Bertz CT molecular complexity index is 388. The molecule has 0 saturated heterocycles. The minimum absolute atomic E-state index is 0.0471. The van der Waals surface area contributed by atoms with Crippen LogP contribution in [0.1, 0.15) is 13.3 Å². The average molecular weight is 260 g/mol. The summed E-state index contributed by atoms with van der Waals surface area (Å²) in [5.41, 5.74) is 0. The topological polar surface area (TPSA) is 89.0 Å². The van der Waals surface area contributed by atoms with Crippen molar-refractivity contribution in [2.24, 2.45) is 0 Å². The van der Waals surface area contributed by atoms with E-state index in [1.54, 1.807) is 7.05 Å². The van der Waals surface area contributed by atoms with Gasteiger partial charge in [0.2, 0.25) is 17.1 Å². The van der Waals surface area contributed by atoms with Crippen LogP contribution in [-0.4, -0.2) is 41.1 Å². The van der Waals surface area contributed by atoms with E-state index in [9.17, 15) is 4.79 Å². The monoisotopic (exact) mass is 259 g/mol. The molecule has 1 aromatic heterocycles. The maximum absolute atomic E-state index is 11.0. The second kappa shape index (κ2) is 6.85. The summed E-state index contributed by atoms with van der Waals surface area (Å²) >= 11 is 5.69. The first-order valence-electron chi connectivity index (χ1n) is 5.14. The molecule has 0 aliphatic carbocycles. The molecule has 0 unspecified atom stereocenters. The number of hydrogen-bond donors (Lipinski definition) is 2. The second-order valence-corrected chi connectivity index (χ2v) is 3.33. The number of anilines is 1. The number of carbonyl (C=O) groups excluding carboxylic acids is 1. The third kappa shape index (κ3) is 4.81. The normalized spacial score (nSPS) is 9.82. The molecule has 0 aromatic carbocycles. The van der Waals surface area contributed by atoms with Crippen LogP contribution >= 0.6 is 11.6 Å². The summed E-state index contributed by atoms with van der Waals surface area (Å²) in [5, 5.41) is 5.42. The molecule has 8 heteroatoms. The van der Waals surface area contributed by atoms with Crippen molar-refractivity contribution in [3.05, 3.63) is 5.28 Å². The van der Waals surface area contributed by atoms with E-state index in [0.29, 0.717) is 19.6 Å². The van der Waals surface area contributed by atoms with Gasteiger partial charge in [0.15, 0.2) is 0 Å². The van der Waals surface area contributed by atoms with Gasteiger partial charge in [-0.1, -0.05) is 0 Å². The number of hydrogen-bond acceptors (Lipinski definition) is 6. The Kier molecular flexibility index (Phi) is 5.41. The zero-order valence-corrected chi connectivity index (χ0v) is 10.4. The summed E-state index contributed by atoms with van der Waals surface area (Å²) in [6, 6.07) is 0.162. The van der Waals surface area contributed by atoms with Gasteiger partial charge in [-0.2, -0.15) is 15.0 Å². The molecule has 7 nitrogen and oxygen atoms in total. The molecule has 0 bridgehead atoms. The Morgan fingerprint density at radius 2 is 2.18 bits per heavy atom. The smallest absolute Gasteiger partial charge is 0.322 e. The van der Waals surface area contributed by atoms with E-state index in [4.69, 9.17) is 16.3 Å². The summed E-state index contributed by atoms with van der Waals surface area (Å²) in [7, 11) is 1.58. The molecule has 0 aliphatic heterocycles. The molecule has 0 spiro atoms. The van der Waals surface area contributed by atoms with Crippen molar-refractivity contribution in [2.45, 2.75) is 13.3 Å². The Morgan fingerprint density at radius 1 is 1.41 bits per heavy atom. The minimum Gasteiger partial charge on any atom is -0.464 e. The molecule has 1 heterocycles. The van der Waals surface area contributed by atoms with Crippen LogP contribution in [0.25, 0.3) is 0 Å². The average Bonchev–Trinajstić information content (AvgIpc) is 2.28. The van der Waals surface area contributed by atoms with Gasteiger partial charge in [0.25, 0.3) is 0 Å². The number of nitrogens with one attached hydrogen (secondary N) is 2. The lowest BCUT2D eigenvalue weighted by molar-refractivity contribution is -0.120. The molecule has 1 amide bonds. The highest BCUT2D eigenvalue weighted by Crippen LogP contribution is 2.10. The van der Waals surface area contributed by atoms with Gasteiger partial charge in [0.1, 0.15) is 0 Å². The highest BCUT2D eigenvalue weighted by molar-refractivity contribution is 6.28.